The number of carbonyl (C=O) groups excluding carboxylic acids is 1. The lowest BCUT2D eigenvalue weighted by Crippen LogP contribution is -2.46. The molecule has 0 saturated carbocycles. The van der Waals surface area contributed by atoms with Crippen LogP contribution in [0.15, 0.2) is 41.3 Å². The second-order valence-electron chi connectivity index (χ2n) is 7.35. The highest BCUT2D eigenvalue weighted by molar-refractivity contribution is 7.89. The molecular weight excluding hydrogens is 447 g/mol. The topological polar surface area (TPSA) is 84.9 Å². The molecule has 2 aromatic rings. The van der Waals surface area contributed by atoms with Crippen LogP contribution in [0.2, 0.25) is 5.02 Å². The molecule has 2 heterocycles. The van der Waals surface area contributed by atoms with E-state index in [4.69, 9.17) is 21.1 Å². The maximum absolute atomic E-state index is 14.1. The monoisotopic (exact) mass is 468 g/mol. The van der Waals surface area contributed by atoms with Crippen molar-refractivity contribution < 1.29 is 27.1 Å². The van der Waals surface area contributed by atoms with Gasteiger partial charge in [0.25, 0.3) is 0 Å². The van der Waals surface area contributed by atoms with Crippen molar-refractivity contribution >= 4 is 27.5 Å². The van der Waals surface area contributed by atoms with Crippen LogP contribution in [-0.2, 0) is 21.2 Å². The fraction of sp³-hybridized carbons (Fsp3) is 0.381. The summed E-state index contributed by atoms with van der Waals surface area (Å²) in [6.45, 7) is 1.35. The van der Waals surface area contributed by atoms with Gasteiger partial charge in [-0.1, -0.05) is 23.7 Å². The van der Waals surface area contributed by atoms with Gasteiger partial charge in [0.1, 0.15) is 30.0 Å². The van der Waals surface area contributed by atoms with Crippen LogP contribution in [0.1, 0.15) is 18.4 Å². The lowest BCUT2D eigenvalue weighted by molar-refractivity contribution is -0.124. The van der Waals surface area contributed by atoms with E-state index in [1.807, 2.05) is 6.07 Å². The molecule has 7 nitrogen and oxygen atoms in total. The molecule has 2 aliphatic rings. The maximum atomic E-state index is 14.1. The summed E-state index contributed by atoms with van der Waals surface area (Å²) in [7, 11) is -4.11. The van der Waals surface area contributed by atoms with Gasteiger partial charge in [-0.15, -0.1) is 0 Å². The van der Waals surface area contributed by atoms with Crippen LogP contribution in [0, 0.1) is 5.82 Å². The second-order valence-corrected chi connectivity index (χ2v) is 9.61. The minimum absolute atomic E-state index is 0.173. The Balaban J connectivity index is 1.41. The first kappa shape index (κ1) is 21.9. The largest absolute Gasteiger partial charge is 0.486 e. The molecule has 0 aliphatic carbocycles. The van der Waals surface area contributed by atoms with E-state index < -0.39 is 32.7 Å². The van der Waals surface area contributed by atoms with E-state index in [0.29, 0.717) is 55.5 Å². The van der Waals surface area contributed by atoms with Crippen LogP contribution >= 0.6 is 11.6 Å². The summed E-state index contributed by atoms with van der Waals surface area (Å²) in [6.07, 6.45) is 1.40. The van der Waals surface area contributed by atoms with E-state index in [-0.39, 0.29) is 6.54 Å². The molecule has 0 radical (unpaired) electrons. The zero-order chi connectivity index (χ0) is 22.0. The third-order valence-corrected chi connectivity index (χ3v) is 7.52. The quantitative estimate of drug-likeness (QED) is 0.704. The van der Waals surface area contributed by atoms with Crippen LogP contribution in [0.4, 0.5) is 4.39 Å². The Morgan fingerprint density at radius 1 is 1.23 bits per heavy atom. The lowest BCUT2D eigenvalue weighted by Gasteiger charge is -2.23. The SMILES string of the molecule is O=C(NCCc1cc(Cl)c2c(c1)OCCO2)C1CCCN1S(=O)(=O)c1ccccc1F. The minimum atomic E-state index is -4.11. The summed E-state index contributed by atoms with van der Waals surface area (Å²) in [5, 5.41) is 3.23. The summed E-state index contributed by atoms with van der Waals surface area (Å²) in [5.41, 5.74) is 0.858. The molecule has 2 aromatic carbocycles. The van der Waals surface area contributed by atoms with Crippen LogP contribution in [0.5, 0.6) is 11.5 Å². The number of nitrogens with zero attached hydrogens (tertiary/aromatic N) is 1. The van der Waals surface area contributed by atoms with Gasteiger partial charge in [-0.25, -0.2) is 12.8 Å². The average Bonchev–Trinajstić information content (AvgIpc) is 3.25. The van der Waals surface area contributed by atoms with Crippen LogP contribution in [0.3, 0.4) is 0 Å². The first-order chi connectivity index (χ1) is 14.9. The van der Waals surface area contributed by atoms with Crippen molar-refractivity contribution in [3.63, 3.8) is 0 Å². The number of hydrogen-bond acceptors (Lipinski definition) is 5. The molecule has 0 spiro atoms. The molecule has 1 unspecified atom stereocenters. The smallest absolute Gasteiger partial charge is 0.246 e. The third kappa shape index (κ3) is 4.49. The number of benzene rings is 2. The molecule has 4 rings (SSSR count). The Labute approximate surface area is 185 Å². The first-order valence-corrected chi connectivity index (χ1v) is 11.8. The number of ether oxygens (including phenoxy) is 2. The highest BCUT2D eigenvalue weighted by Gasteiger charge is 2.40. The Morgan fingerprint density at radius 3 is 2.81 bits per heavy atom. The summed E-state index contributed by atoms with van der Waals surface area (Å²) in [4.78, 5) is 12.3. The lowest BCUT2D eigenvalue weighted by atomic mass is 10.1. The molecule has 1 saturated heterocycles. The van der Waals surface area contributed by atoms with E-state index >= 15 is 0 Å². The Kier molecular flexibility index (Phi) is 6.36. The summed E-state index contributed by atoms with van der Waals surface area (Å²) >= 11 is 6.24. The van der Waals surface area contributed by atoms with Crippen molar-refractivity contribution in [2.75, 3.05) is 26.3 Å². The molecule has 1 N–H and O–H groups in total. The summed E-state index contributed by atoms with van der Waals surface area (Å²) < 4.78 is 52.0. The van der Waals surface area contributed by atoms with Gasteiger partial charge in [-0.05, 0) is 49.1 Å². The van der Waals surface area contributed by atoms with Gasteiger partial charge in [0.2, 0.25) is 15.9 Å². The van der Waals surface area contributed by atoms with Crippen LogP contribution < -0.4 is 14.8 Å². The van der Waals surface area contributed by atoms with Crippen molar-refractivity contribution in [1.29, 1.82) is 0 Å². The zero-order valence-electron chi connectivity index (χ0n) is 16.6. The van der Waals surface area contributed by atoms with Gasteiger partial charge in [0.05, 0.1) is 5.02 Å². The van der Waals surface area contributed by atoms with E-state index in [1.165, 1.54) is 18.2 Å². The molecular formula is C21H22ClFN2O5S. The fourth-order valence-corrected chi connectivity index (χ4v) is 5.84. The number of amides is 1. The van der Waals surface area contributed by atoms with Gasteiger partial charge in [-0.2, -0.15) is 4.31 Å². The molecule has 1 fully saturated rings. The highest BCUT2D eigenvalue weighted by Crippen LogP contribution is 2.38. The summed E-state index contributed by atoms with van der Waals surface area (Å²) in [5.74, 6) is -0.149. The molecule has 1 amide bonds. The molecule has 0 bridgehead atoms. The highest BCUT2D eigenvalue weighted by atomic mass is 35.5. The number of halogens is 2. The zero-order valence-corrected chi connectivity index (χ0v) is 18.2. The Hall–Kier alpha value is -2.36. The van der Waals surface area contributed by atoms with Gasteiger partial charge < -0.3 is 14.8 Å². The van der Waals surface area contributed by atoms with E-state index in [2.05, 4.69) is 5.32 Å². The minimum Gasteiger partial charge on any atom is -0.486 e. The van der Waals surface area contributed by atoms with Gasteiger partial charge in [0.15, 0.2) is 11.5 Å². The fourth-order valence-electron chi connectivity index (χ4n) is 3.83. The van der Waals surface area contributed by atoms with Gasteiger partial charge in [-0.3, -0.25) is 4.79 Å². The predicted molar refractivity (Wildman–Crippen MR) is 112 cm³/mol. The second kappa shape index (κ2) is 9.02. The average molecular weight is 469 g/mol. The number of hydrogen-bond donors (Lipinski definition) is 1. The van der Waals surface area contributed by atoms with Crippen molar-refractivity contribution in [1.82, 2.24) is 9.62 Å². The molecule has 2 aliphatic heterocycles. The number of carbonyl (C=O) groups is 1. The molecule has 166 valence electrons. The standard InChI is InChI=1S/C21H22ClFN2O5S/c22-15-12-14(13-18-20(15)30-11-10-29-18)7-8-24-21(26)17-5-3-9-25(17)31(27,28)19-6-2-1-4-16(19)23/h1-2,4,6,12-13,17H,3,5,7-11H2,(H,24,26). The van der Waals surface area contributed by atoms with E-state index in [0.717, 1.165) is 15.9 Å². The van der Waals surface area contributed by atoms with Crippen LogP contribution in [0.25, 0.3) is 0 Å². The Bertz CT molecular complexity index is 1100. The maximum Gasteiger partial charge on any atom is 0.246 e. The van der Waals surface area contributed by atoms with Crippen molar-refractivity contribution in [2.24, 2.45) is 0 Å². The Morgan fingerprint density at radius 2 is 2.00 bits per heavy atom. The third-order valence-electron chi connectivity index (χ3n) is 5.30. The normalized spacial score (nSPS) is 18.7. The molecule has 1 atom stereocenters. The number of nitrogens with one attached hydrogen (secondary N) is 1. The van der Waals surface area contributed by atoms with Crippen molar-refractivity contribution in [3.8, 4) is 11.5 Å². The predicted octanol–water partition coefficient (Wildman–Crippen LogP) is 2.76. The molecule has 0 aromatic heterocycles. The van der Waals surface area contributed by atoms with E-state index in [1.54, 1.807) is 6.07 Å². The number of sulfonamides is 1. The van der Waals surface area contributed by atoms with Crippen molar-refractivity contribution in [2.45, 2.75) is 30.2 Å². The molecule has 10 heteroatoms. The van der Waals surface area contributed by atoms with Crippen LogP contribution in [-0.4, -0.2) is 51.0 Å². The van der Waals surface area contributed by atoms with Gasteiger partial charge in [0, 0.05) is 13.1 Å². The van der Waals surface area contributed by atoms with E-state index in [9.17, 15) is 17.6 Å². The summed E-state index contributed by atoms with van der Waals surface area (Å²) in [6, 6.07) is 7.89. The number of rotatable bonds is 6. The van der Waals surface area contributed by atoms with Crippen molar-refractivity contribution in [3.05, 3.63) is 52.8 Å². The first-order valence-electron chi connectivity index (χ1n) is 10.00. The molecule has 31 heavy (non-hydrogen) atoms. The number of fused-ring (bicyclic) bond motifs is 1. The van der Waals surface area contributed by atoms with Gasteiger partial charge >= 0.3 is 0 Å².